The molecular weight excluding hydrogens is 428 g/mol. The Morgan fingerprint density at radius 3 is 2.45 bits per heavy atom. The number of nitrogens with zero attached hydrogens (tertiary/aromatic N) is 1. The molecule has 0 saturated carbocycles. The van der Waals surface area contributed by atoms with Crippen LogP contribution in [-0.2, 0) is 20.9 Å². The van der Waals surface area contributed by atoms with Crippen LogP contribution >= 0.6 is 11.6 Å². The molecule has 4 N–H and O–H groups in total. The van der Waals surface area contributed by atoms with Crippen molar-refractivity contribution in [3.63, 3.8) is 0 Å². The van der Waals surface area contributed by atoms with E-state index in [1.807, 2.05) is 12.1 Å². The van der Waals surface area contributed by atoms with Gasteiger partial charge in [-0.2, -0.15) is 0 Å². The number of nitrogen functional groups attached to an aromatic ring is 1. The van der Waals surface area contributed by atoms with Crippen LogP contribution < -0.4 is 15.2 Å². The lowest BCUT2D eigenvalue weighted by molar-refractivity contribution is -0.159. The lowest BCUT2D eigenvalue weighted by atomic mass is 10.2. The van der Waals surface area contributed by atoms with Crippen molar-refractivity contribution in [2.24, 2.45) is 0 Å². The van der Waals surface area contributed by atoms with Gasteiger partial charge in [0, 0.05) is 36.4 Å². The molecule has 1 fully saturated rings. The number of morpholine rings is 1. The second-order valence-electron chi connectivity index (χ2n) is 6.69. The summed E-state index contributed by atoms with van der Waals surface area (Å²) in [5.41, 5.74) is 7.71. The highest BCUT2D eigenvalue weighted by atomic mass is 35.5. The van der Waals surface area contributed by atoms with Gasteiger partial charge in [0.25, 0.3) is 0 Å². The highest BCUT2D eigenvalue weighted by Crippen LogP contribution is 2.29. The van der Waals surface area contributed by atoms with E-state index in [1.54, 1.807) is 25.3 Å². The summed E-state index contributed by atoms with van der Waals surface area (Å²) in [5.74, 6) is -2.34. The number of carboxylic acid groups (broad SMARTS) is 2. The number of ether oxygens (including phenoxy) is 3. The van der Waals surface area contributed by atoms with E-state index in [2.05, 4.69) is 17.0 Å². The van der Waals surface area contributed by atoms with E-state index < -0.39 is 11.9 Å². The molecule has 3 rings (SSSR count). The minimum absolute atomic E-state index is 0.00665. The number of benzene rings is 2. The lowest BCUT2D eigenvalue weighted by Crippen LogP contribution is -2.44. The number of hydrogen-bond acceptors (Lipinski definition) is 7. The number of halogens is 1. The van der Waals surface area contributed by atoms with Crippen LogP contribution in [-0.4, -0.2) is 66.6 Å². The molecule has 1 saturated heterocycles. The van der Waals surface area contributed by atoms with Gasteiger partial charge in [-0.05, 0) is 29.8 Å². The minimum atomic E-state index is -1.82. The second kappa shape index (κ2) is 12.0. The Balaban J connectivity index is 0.000000501. The third kappa shape index (κ3) is 8.33. The number of carboxylic acids is 2. The SMILES string of the molecule is COc1ccc(N)cc1OCC1CN(Cc2ccc(Cl)cc2)CCO1.O=C(O)C(=O)O. The molecule has 0 amide bonds. The topological polar surface area (TPSA) is 132 Å². The van der Waals surface area contributed by atoms with E-state index >= 15 is 0 Å². The molecule has 9 nitrogen and oxygen atoms in total. The van der Waals surface area contributed by atoms with Crippen molar-refractivity contribution in [2.75, 3.05) is 39.1 Å². The van der Waals surface area contributed by atoms with E-state index in [4.69, 9.17) is 51.3 Å². The summed E-state index contributed by atoms with van der Waals surface area (Å²) in [6.45, 7) is 3.74. The average Bonchev–Trinajstić information content (AvgIpc) is 2.75. The van der Waals surface area contributed by atoms with Crippen molar-refractivity contribution in [3.8, 4) is 11.5 Å². The van der Waals surface area contributed by atoms with Crippen LogP contribution in [0.5, 0.6) is 11.5 Å². The average molecular weight is 453 g/mol. The van der Waals surface area contributed by atoms with Crippen LogP contribution in [0.4, 0.5) is 5.69 Å². The van der Waals surface area contributed by atoms with Crippen LogP contribution in [0, 0.1) is 0 Å². The molecule has 2 aromatic carbocycles. The fraction of sp³-hybridized carbons (Fsp3) is 0.333. The monoisotopic (exact) mass is 452 g/mol. The van der Waals surface area contributed by atoms with Crippen molar-refractivity contribution < 1.29 is 34.0 Å². The van der Waals surface area contributed by atoms with Crippen LogP contribution in [0.3, 0.4) is 0 Å². The van der Waals surface area contributed by atoms with E-state index in [1.165, 1.54) is 5.56 Å². The van der Waals surface area contributed by atoms with Gasteiger partial charge in [-0.25, -0.2) is 9.59 Å². The predicted molar refractivity (Wildman–Crippen MR) is 115 cm³/mol. The highest BCUT2D eigenvalue weighted by molar-refractivity contribution is 6.30. The van der Waals surface area contributed by atoms with E-state index in [9.17, 15) is 0 Å². The zero-order valence-electron chi connectivity index (χ0n) is 17.0. The van der Waals surface area contributed by atoms with Gasteiger partial charge in [0.2, 0.25) is 0 Å². The number of rotatable bonds is 6. The molecule has 0 bridgehead atoms. The largest absolute Gasteiger partial charge is 0.493 e. The van der Waals surface area contributed by atoms with E-state index in [-0.39, 0.29) is 6.10 Å². The van der Waals surface area contributed by atoms with Crippen molar-refractivity contribution in [2.45, 2.75) is 12.6 Å². The number of aliphatic carboxylic acids is 2. The minimum Gasteiger partial charge on any atom is -0.493 e. The number of nitrogens with two attached hydrogens (primary N) is 1. The summed E-state index contributed by atoms with van der Waals surface area (Å²) in [6, 6.07) is 13.3. The van der Waals surface area contributed by atoms with Gasteiger partial charge in [-0.1, -0.05) is 23.7 Å². The van der Waals surface area contributed by atoms with Crippen molar-refractivity contribution in [1.29, 1.82) is 0 Å². The molecule has 31 heavy (non-hydrogen) atoms. The second-order valence-corrected chi connectivity index (χ2v) is 7.12. The van der Waals surface area contributed by atoms with Gasteiger partial charge in [0.1, 0.15) is 12.7 Å². The molecule has 1 atom stereocenters. The van der Waals surface area contributed by atoms with Crippen LogP contribution in [0.15, 0.2) is 42.5 Å². The van der Waals surface area contributed by atoms with Crippen LogP contribution in [0.1, 0.15) is 5.56 Å². The Hall–Kier alpha value is -3.01. The van der Waals surface area contributed by atoms with Crippen LogP contribution in [0.25, 0.3) is 0 Å². The standard InChI is InChI=1S/C19H23ClN2O3.C2H2O4/c1-23-18-7-6-16(21)10-19(18)25-13-17-12-22(8-9-24-17)11-14-2-4-15(20)5-3-14;3-1(4)2(5)6/h2-7,10,17H,8-9,11-13,21H2,1H3;(H,3,4)(H,5,6). The zero-order valence-corrected chi connectivity index (χ0v) is 17.7. The maximum absolute atomic E-state index is 9.10. The molecule has 0 aromatic heterocycles. The van der Waals surface area contributed by atoms with Gasteiger partial charge in [-0.3, -0.25) is 4.90 Å². The fourth-order valence-corrected chi connectivity index (χ4v) is 2.99. The predicted octanol–water partition coefficient (Wildman–Crippen LogP) is 2.37. The number of carbonyl (C=O) groups is 2. The highest BCUT2D eigenvalue weighted by Gasteiger charge is 2.21. The maximum atomic E-state index is 9.10. The lowest BCUT2D eigenvalue weighted by Gasteiger charge is -2.32. The maximum Gasteiger partial charge on any atom is 0.414 e. The summed E-state index contributed by atoms with van der Waals surface area (Å²) < 4.78 is 17.0. The first-order valence-corrected chi connectivity index (χ1v) is 9.77. The van der Waals surface area contributed by atoms with Crippen molar-refractivity contribution in [1.82, 2.24) is 4.90 Å². The molecule has 168 valence electrons. The quantitative estimate of drug-likeness (QED) is 0.446. The molecule has 1 heterocycles. The first kappa shape index (κ1) is 24.3. The molecule has 1 aliphatic heterocycles. The molecule has 0 spiro atoms. The Labute approximate surface area is 184 Å². The molecular formula is C21H25ClN2O7. The van der Waals surface area contributed by atoms with E-state index in [0.29, 0.717) is 30.4 Å². The fourth-order valence-electron chi connectivity index (χ4n) is 2.86. The summed E-state index contributed by atoms with van der Waals surface area (Å²) in [5, 5.41) is 15.5. The van der Waals surface area contributed by atoms with Crippen LogP contribution in [0.2, 0.25) is 5.02 Å². The zero-order chi connectivity index (χ0) is 22.8. The molecule has 10 heteroatoms. The molecule has 1 aliphatic rings. The number of hydrogen-bond donors (Lipinski definition) is 3. The third-order valence-electron chi connectivity index (χ3n) is 4.34. The van der Waals surface area contributed by atoms with Gasteiger partial charge in [0.05, 0.1) is 13.7 Å². The first-order chi connectivity index (χ1) is 14.8. The normalized spacial score (nSPS) is 16.0. The Morgan fingerprint density at radius 1 is 1.16 bits per heavy atom. The first-order valence-electron chi connectivity index (χ1n) is 9.39. The van der Waals surface area contributed by atoms with E-state index in [0.717, 1.165) is 24.7 Å². The third-order valence-corrected chi connectivity index (χ3v) is 4.59. The Morgan fingerprint density at radius 2 is 1.84 bits per heavy atom. The van der Waals surface area contributed by atoms with Gasteiger partial charge in [0.15, 0.2) is 11.5 Å². The summed E-state index contributed by atoms with van der Waals surface area (Å²) >= 11 is 5.94. The molecule has 0 radical (unpaired) electrons. The summed E-state index contributed by atoms with van der Waals surface area (Å²) in [7, 11) is 1.61. The summed E-state index contributed by atoms with van der Waals surface area (Å²) in [6.07, 6.45) is 0.00665. The Bertz CT molecular complexity index is 865. The van der Waals surface area contributed by atoms with Gasteiger partial charge < -0.3 is 30.2 Å². The number of methoxy groups -OCH3 is 1. The van der Waals surface area contributed by atoms with Gasteiger partial charge in [-0.15, -0.1) is 0 Å². The molecule has 0 aliphatic carbocycles. The van der Waals surface area contributed by atoms with Gasteiger partial charge >= 0.3 is 11.9 Å². The smallest absolute Gasteiger partial charge is 0.414 e. The van der Waals surface area contributed by atoms with Crippen molar-refractivity contribution >= 4 is 29.2 Å². The number of anilines is 1. The summed E-state index contributed by atoms with van der Waals surface area (Å²) in [4.78, 5) is 20.6. The molecule has 2 aromatic rings. The Kier molecular flexibility index (Phi) is 9.39. The molecule has 1 unspecified atom stereocenters. The van der Waals surface area contributed by atoms with Crippen molar-refractivity contribution in [3.05, 3.63) is 53.1 Å².